The van der Waals surface area contributed by atoms with E-state index in [0.717, 1.165) is 0 Å². The summed E-state index contributed by atoms with van der Waals surface area (Å²) in [7, 11) is 0. The number of halogens is 1. The summed E-state index contributed by atoms with van der Waals surface area (Å²) in [6.07, 6.45) is 3.03. The number of anilines is 2. The average molecular weight is 465 g/mol. The fourth-order valence-electron chi connectivity index (χ4n) is 3.44. The summed E-state index contributed by atoms with van der Waals surface area (Å²) in [5.74, 6) is 1.91. The van der Waals surface area contributed by atoms with E-state index >= 15 is 0 Å². The number of nitrogen functional groups attached to an aromatic ring is 1. The summed E-state index contributed by atoms with van der Waals surface area (Å²) in [6, 6.07) is 6.25. The van der Waals surface area contributed by atoms with Crippen molar-refractivity contribution in [2.24, 2.45) is 0 Å². The summed E-state index contributed by atoms with van der Waals surface area (Å²) in [4.78, 5) is 30.7. The van der Waals surface area contributed by atoms with Crippen LogP contribution in [-0.4, -0.2) is 39.9 Å². The fraction of sp³-hybridized carbons (Fsp3) is 0.150. The molecule has 0 fully saturated rings. The quantitative estimate of drug-likeness (QED) is 0.351. The lowest BCUT2D eigenvalue weighted by molar-refractivity contribution is 0.425. The Bertz CT molecular complexity index is 1530. The molecule has 1 aromatic carbocycles. The first-order chi connectivity index (χ1) is 15.9. The molecule has 0 saturated carbocycles. The Labute approximate surface area is 190 Å². The Morgan fingerprint density at radius 3 is 2.82 bits per heavy atom. The molecule has 33 heavy (non-hydrogen) atoms. The van der Waals surface area contributed by atoms with Crippen LogP contribution in [0.5, 0.6) is 0 Å². The van der Waals surface area contributed by atoms with Gasteiger partial charge < -0.3 is 15.6 Å². The van der Waals surface area contributed by atoms with Crippen LogP contribution in [0, 0.1) is 6.92 Å². The molecular formula is C20H17ClN10O2. The molecule has 1 unspecified atom stereocenters. The summed E-state index contributed by atoms with van der Waals surface area (Å²) >= 11 is 6.32. The Hall–Kier alpha value is -4.32. The molecule has 4 heterocycles. The molecule has 0 radical (unpaired) electrons. The van der Waals surface area contributed by atoms with Crippen molar-refractivity contribution < 1.29 is 4.52 Å². The van der Waals surface area contributed by atoms with Crippen LogP contribution in [0.4, 0.5) is 11.8 Å². The smallest absolute Gasteiger partial charge is 0.268 e. The molecule has 4 N–H and O–H groups in total. The third-order valence-electron chi connectivity index (χ3n) is 4.91. The number of hydrogen-bond donors (Lipinski definition) is 3. The second-order valence-electron chi connectivity index (χ2n) is 7.19. The van der Waals surface area contributed by atoms with Gasteiger partial charge in [-0.2, -0.15) is 15.1 Å². The first-order valence-corrected chi connectivity index (χ1v) is 10.2. The monoisotopic (exact) mass is 464 g/mol. The Morgan fingerprint density at radius 1 is 1.24 bits per heavy atom. The van der Waals surface area contributed by atoms with Crippen LogP contribution in [0.15, 0.2) is 46.0 Å². The molecule has 5 rings (SSSR count). The van der Waals surface area contributed by atoms with Gasteiger partial charge in [-0.1, -0.05) is 22.8 Å². The lowest BCUT2D eigenvalue weighted by atomic mass is 10.2. The van der Waals surface area contributed by atoms with Gasteiger partial charge in [-0.15, -0.1) is 0 Å². The molecule has 1 atom stereocenters. The van der Waals surface area contributed by atoms with Crippen LogP contribution < -0.4 is 16.6 Å². The number of hydrogen-bond acceptors (Lipinski definition) is 10. The van der Waals surface area contributed by atoms with Gasteiger partial charge in [0.15, 0.2) is 5.82 Å². The number of aromatic nitrogens is 8. The maximum absolute atomic E-state index is 13.5. The SMILES string of the molecule is Cc1noc(-c2cnc(N)nc2NC(C)c2nc3cccc(Cl)c3c(=O)n2-c2ccn[nH]2)n1. The van der Waals surface area contributed by atoms with Crippen LogP contribution in [0.3, 0.4) is 0 Å². The minimum absolute atomic E-state index is 0.0499. The van der Waals surface area contributed by atoms with Crippen molar-refractivity contribution in [3.05, 3.63) is 63.7 Å². The van der Waals surface area contributed by atoms with Gasteiger partial charge in [0, 0.05) is 12.3 Å². The number of nitrogens with two attached hydrogens (primary N) is 1. The van der Waals surface area contributed by atoms with Crippen molar-refractivity contribution in [2.45, 2.75) is 19.9 Å². The standard InChI is InChI=1S/C20H17ClN10O2/c1-9(25-16-11(8-23-20(22)28-16)18-26-10(2)30-33-18)17-27-13-5-3-4-12(21)15(13)19(32)31(17)14-6-7-24-29-14/h3-9H,1-2H3,(H,24,29)(H3,22,23,25,28). The van der Waals surface area contributed by atoms with Crippen LogP contribution >= 0.6 is 11.6 Å². The first kappa shape index (κ1) is 20.6. The normalized spacial score (nSPS) is 12.2. The maximum Gasteiger partial charge on any atom is 0.268 e. The second kappa shape index (κ2) is 7.98. The molecule has 0 amide bonds. The van der Waals surface area contributed by atoms with E-state index in [0.29, 0.717) is 44.8 Å². The molecular weight excluding hydrogens is 448 g/mol. The van der Waals surface area contributed by atoms with E-state index in [1.807, 2.05) is 6.92 Å². The van der Waals surface area contributed by atoms with Gasteiger partial charge >= 0.3 is 0 Å². The van der Waals surface area contributed by atoms with Gasteiger partial charge in [-0.05, 0) is 26.0 Å². The number of aromatic amines is 1. The molecule has 13 heteroatoms. The number of benzene rings is 1. The molecule has 166 valence electrons. The Balaban J connectivity index is 1.66. The van der Waals surface area contributed by atoms with Gasteiger partial charge in [0.05, 0.1) is 28.2 Å². The van der Waals surface area contributed by atoms with Crippen LogP contribution in [0.2, 0.25) is 5.02 Å². The largest absolute Gasteiger partial charge is 0.368 e. The first-order valence-electron chi connectivity index (χ1n) is 9.83. The van der Waals surface area contributed by atoms with Crippen molar-refractivity contribution in [3.63, 3.8) is 0 Å². The molecule has 0 aliphatic rings. The minimum atomic E-state index is -0.526. The third kappa shape index (κ3) is 3.65. The van der Waals surface area contributed by atoms with Crippen molar-refractivity contribution >= 4 is 34.3 Å². The van der Waals surface area contributed by atoms with E-state index in [1.165, 1.54) is 10.8 Å². The van der Waals surface area contributed by atoms with E-state index in [4.69, 9.17) is 26.8 Å². The molecule has 0 saturated heterocycles. The zero-order valence-electron chi connectivity index (χ0n) is 17.4. The van der Waals surface area contributed by atoms with Crippen molar-refractivity contribution in [3.8, 4) is 17.3 Å². The van der Waals surface area contributed by atoms with Crippen molar-refractivity contribution in [2.75, 3.05) is 11.1 Å². The van der Waals surface area contributed by atoms with Gasteiger partial charge in [0.25, 0.3) is 11.4 Å². The molecule has 0 spiro atoms. The van der Waals surface area contributed by atoms with E-state index in [2.05, 4.69) is 35.6 Å². The highest BCUT2D eigenvalue weighted by atomic mass is 35.5. The van der Waals surface area contributed by atoms with Gasteiger partial charge in [-0.3, -0.25) is 9.89 Å². The molecule has 4 aromatic heterocycles. The zero-order chi connectivity index (χ0) is 23.1. The third-order valence-corrected chi connectivity index (χ3v) is 5.22. The van der Waals surface area contributed by atoms with Crippen molar-refractivity contribution in [1.29, 1.82) is 0 Å². The lowest BCUT2D eigenvalue weighted by Crippen LogP contribution is -2.28. The van der Waals surface area contributed by atoms with Gasteiger partial charge in [0.2, 0.25) is 5.95 Å². The van der Waals surface area contributed by atoms with E-state index < -0.39 is 6.04 Å². The number of nitrogens with zero attached hydrogens (tertiary/aromatic N) is 7. The summed E-state index contributed by atoms with van der Waals surface area (Å²) < 4.78 is 6.69. The van der Waals surface area contributed by atoms with Gasteiger partial charge in [0.1, 0.15) is 23.0 Å². The van der Waals surface area contributed by atoms with E-state index in [9.17, 15) is 4.79 Å². The molecule has 0 aliphatic heterocycles. The number of rotatable bonds is 5. The molecule has 0 bridgehead atoms. The number of aryl methyl sites for hydroxylation is 1. The molecule has 0 aliphatic carbocycles. The summed E-state index contributed by atoms with van der Waals surface area (Å²) in [5.41, 5.74) is 6.40. The van der Waals surface area contributed by atoms with Crippen LogP contribution in [0.25, 0.3) is 28.2 Å². The Kier molecular flexibility index (Phi) is 4.98. The topological polar surface area (TPSA) is 166 Å². The number of nitrogens with one attached hydrogen (secondary N) is 2. The number of H-pyrrole nitrogens is 1. The molecule has 12 nitrogen and oxygen atoms in total. The number of fused-ring (bicyclic) bond motifs is 1. The minimum Gasteiger partial charge on any atom is -0.368 e. The highest BCUT2D eigenvalue weighted by molar-refractivity contribution is 6.35. The van der Waals surface area contributed by atoms with Crippen molar-refractivity contribution in [1.82, 2.24) is 39.9 Å². The predicted octanol–water partition coefficient (Wildman–Crippen LogP) is 2.67. The predicted molar refractivity (Wildman–Crippen MR) is 121 cm³/mol. The second-order valence-corrected chi connectivity index (χ2v) is 7.60. The van der Waals surface area contributed by atoms with Crippen LogP contribution in [-0.2, 0) is 0 Å². The van der Waals surface area contributed by atoms with E-state index in [1.54, 1.807) is 37.4 Å². The van der Waals surface area contributed by atoms with Crippen LogP contribution in [0.1, 0.15) is 24.6 Å². The lowest BCUT2D eigenvalue weighted by Gasteiger charge is -2.20. The maximum atomic E-state index is 13.5. The van der Waals surface area contributed by atoms with Gasteiger partial charge in [-0.25, -0.2) is 14.5 Å². The van der Waals surface area contributed by atoms with E-state index in [-0.39, 0.29) is 17.4 Å². The zero-order valence-corrected chi connectivity index (χ0v) is 18.2. The fourth-order valence-corrected chi connectivity index (χ4v) is 3.69. The summed E-state index contributed by atoms with van der Waals surface area (Å²) in [6.45, 7) is 3.53. The highest BCUT2D eigenvalue weighted by Gasteiger charge is 2.23. The Morgan fingerprint density at radius 2 is 2.09 bits per heavy atom. The average Bonchev–Trinajstić information content (AvgIpc) is 3.45. The molecule has 5 aromatic rings. The highest BCUT2D eigenvalue weighted by Crippen LogP contribution is 2.29. The summed E-state index contributed by atoms with van der Waals surface area (Å²) in [5, 5.41) is 14.4.